The Labute approximate surface area is 167 Å². The first-order valence-electron chi connectivity index (χ1n) is 9.57. The number of hydrogen-bond donors (Lipinski definition) is 2. The lowest BCUT2D eigenvalue weighted by Crippen LogP contribution is -2.35. The zero-order chi connectivity index (χ0) is 20.0. The lowest BCUT2D eigenvalue weighted by Gasteiger charge is -2.27. The molecule has 0 atom stereocenters. The quantitative estimate of drug-likeness (QED) is 0.521. The van der Waals surface area contributed by atoms with Crippen LogP contribution in [0.2, 0.25) is 0 Å². The number of imidazole rings is 1. The first-order chi connectivity index (χ1) is 14.1. The fraction of sp³-hybridized carbons (Fsp3) is 0.238. The zero-order valence-corrected chi connectivity index (χ0v) is 16.1. The molecule has 3 N–H and O–H groups in total. The topological polar surface area (TPSA) is 105 Å². The molecule has 8 heteroatoms. The van der Waals surface area contributed by atoms with Gasteiger partial charge in [-0.3, -0.25) is 14.1 Å². The number of H-pyrrole nitrogens is 1. The van der Waals surface area contributed by atoms with E-state index >= 15 is 0 Å². The summed E-state index contributed by atoms with van der Waals surface area (Å²) in [5.41, 5.74) is 10.9. The average molecular weight is 387 g/mol. The van der Waals surface area contributed by atoms with Crippen LogP contribution >= 0.6 is 0 Å². The summed E-state index contributed by atoms with van der Waals surface area (Å²) in [5, 5.41) is 0. The van der Waals surface area contributed by atoms with Gasteiger partial charge in [-0.2, -0.15) is 0 Å². The molecule has 1 aliphatic rings. The van der Waals surface area contributed by atoms with Gasteiger partial charge in [0.25, 0.3) is 5.56 Å². The van der Waals surface area contributed by atoms with Crippen molar-refractivity contribution in [2.24, 2.45) is 0 Å². The summed E-state index contributed by atoms with van der Waals surface area (Å²) in [6.07, 6.45) is 4.45. The van der Waals surface area contributed by atoms with Crippen molar-refractivity contribution in [2.75, 3.05) is 12.3 Å². The molecule has 0 amide bonds. The van der Waals surface area contributed by atoms with Gasteiger partial charge in [0.2, 0.25) is 5.78 Å². The van der Waals surface area contributed by atoms with Crippen LogP contribution in [0.15, 0.2) is 47.5 Å². The smallest absolute Gasteiger partial charge is 0.255 e. The highest BCUT2D eigenvalue weighted by Crippen LogP contribution is 2.21. The van der Waals surface area contributed by atoms with Crippen molar-refractivity contribution in [3.05, 3.63) is 75.7 Å². The number of aryl methyl sites for hydroxylation is 1. The van der Waals surface area contributed by atoms with Gasteiger partial charge in [-0.15, -0.1) is 0 Å². The van der Waals surface area contributed by atoms with Gasteiger partial charge in [0, 0.05) is 49.7 Å². The van der Waals surface area contributed by atoms with Crippen molar-refractivity contribution in [3.8, 4) is 11.4 Å². The Balaban J connectivity index is 1.43. The SMILES string of the molecule is Cc1nc2ncccn2c1CN1CCc2nc(-c3ccc(N)cc3)[nH]c(=O)c2C1. The maximum Gasteiger partial charge on any atom is 0.255 e. The van der Waals surface area contributed by atoms with Crippen LogP contribution in [0.25, 0.3) is 17.2 Å². The fourth-order valence-electron chi connectivity index (χ4n) is 3.84. The highest BCUT2D eigenvalue weighted by molar-refractivity contribution is 5.58. The number of fused-ring (bicyclic) bond motifs is 2. The number of nitrogens with one attached hydrogen (secondary N) is 1. The summed E-state index contributed by atoms with van der Waals surface area (Å²) in [6.45, 7) is 4.09. The summed E-state index contributed by atoms with van der Waals surface area (Å²) in [4.78, 5) is 31.5. The van der Waals surface area contributed by atoms with Crippen LogP contribution in [-0.4, -0.2) is 35.8 Å². The van der Waals surface area contributed by atoms with Crippen molar-refractivity contribution in [2.45, 2.75) is 26.4 Å². The van der Waals surface area contributed by atoms with Crippen LogP contribution in [0.4, 0.5) is 5.69 Å². The Morgan fingerprint density at radius 3 is 2.86 bits per heavy atom. The van der Waals surface area contributed by atoms with Crippen molar-refractivity contribution < 1.29 is 0 Å². The second kappa shape index (κ2) is 6.82. The number of nitrogens with zero attached hydrogens (tertiary/aromatic N) is 5. The third kappa shape index (κ3) is 3.17. The third-order valence-electron chi connectivity index (χ3n) is 5.41. The largest absolute Gasteiger partial charge is 0.399 e. The van der Waals surface area contributed by atoms with Gasteiger partial charge in [0.1, 0.15) is 5.82 Å². The first kappa shape index (κ1) is 17.6. The van der Waals surface area contributed by atoms with Crippen molar-refractivity contribution in [1.29, 1.82) is 0 Å². The monoisotopic (exact) mass is 387 g/mol. The molecular formula is C21H21N7O. The lowest BCUT2D eigenvalue weighted by atomic mass is 10.1. The number of rotatable bonds is 3. The molecule has 4 aromatic rings. The predicted octanol–water partition coefficient (Wildman–Crippen LogP) is 1.93. The minimum atomic E-state index is -0.0805. The van der Waals surface area contributed by atoms with Gasteiger partial charge >= 0.3 is 0 Å². The molecular weight excluding hydrogens is 366 g/mol. The second-order valence-corrected chi connectivity index (χ2v) is 7.36. The van der Waals surface area contributed by atoms with E-state index in [4.69, 9.17) is 10.7 Å². The standard InChI is InChI=1S/C21H21N7O/c1-13-18(28-9-2-8-23-21(28)24-13)12-27-10-7-17-16(11-27)20(29)26-19(25-17)14-3-5-15(22)6-4-14/h2-6,8-9H,7,10-12,22H2,1H3,(H,25,26,29). The second-order valence-electron chi connectivity index (χ2n) is 7.36. The van der Waals surface area contributed by atoms with E-state index < -0.39 is 0 Å². The highest BCUT2D eigenvalue weighted by Gasteiger charge is 2.23. The summed E-state index contributed by atoms with van der Waals surface area (Å²) >= 11 is 0. The molecule has 0 radical (unpaired) electrons. The van der Waals surface area contributed by atoms with E-state index in [1.807, 2.05) is 47.9 Å². The lowest BCUT2D eigenvalue weighted by molar-refractivity contribution is 0.238. The molecule has 0 spiro atoms. The molecule has 3 aromatic heterocycles. The normalized spacial score (nSPS) is 14.2. The highest BCUT2D eigenvalue weighted by atomic mass is 16.1. The van der Waals surface area contributed by atoms with Gasteiger partial charge in [-0.1, -0.05) is 0 Å². The number of nitrogen functional groups attached to an aromatic ring is 1. The fourth-order valence-corrected chi connectivity index (χ4v) is 3.84. The molecule has 1 aromatic carbocycles. The van der Waals surface area contributed by atoms with E-state index in [0.29, 0.717) is 30.4 Å². The van der Waals surface area contributed by atoms with E-state index in [9.17, 15) is 4.79 Å². The molecule has 0 bridgehead atoms. The minimum absolute atomic E-state index is 0.0805. The van der Waals surface area contributed by atoms with Crippen LogP contribution in [0, 0.1) is 6.92 Å². The first-order valence-corrected chi connectivity index (χ1v) is 9.57. The van der Waals surface area contributed by atoms with E-state index in [-0.39, 0.29) is 5.56 Å². The molecule has 146 valence electrons. The number of aromatic amines is 1. The van der Waals surface area contributed by atoms with Gasteiger partial charge in [-0.25, -0.2) is 15.0 Å². The van der Waals surface area contributed by atoms with E-state index in [0.717, 1.165) is 41.2 Å². The van der Waals surface area contributed by atoms with Crippen molar-refractivity contribution in [1.82, 2.24) is 29.2 Å². The molecule has 8 nitrogen and oxygen atoms in total. The molecule has 0 saturated carbocycles. The van der Waals surface area contributed by atoms with Crippen LogP contribution in [-0.2, 0) is 19.5 Å². The zero-order valence-electron chi connectivity index (χ0n) is 16.1. The molecule has 0 fully saturated rings. The molecule has 1 aliphatic heterocycles. The molecule has 0 saturated heterocycles. The Kier molecular flexibility index (Phi) is 4.13. The Bertz CT molecular complexity index is 1260. The number of nitrogens with two attached hydrogens (primary N) is 1. The maximum absolute atomic E-state index is 12.8. The Morgan fingerprint density at radius 2 is 2.03 bits per heavy atom. The third-order valence-corrected chi connectivity index (χ3v) is 5.41. The maximum atomic E-state index is 12.8. The average Bonchev–Trinajstić information content (AvgIpc) is 3.04. The molecule has 29 heavy (non-hydrogen) atoms. The van der Waals surface area contributed by atoms with Gasteiger partial charge in [-0.05, 0) is 37.3 Å². The number of hydrogen-bond acceptors (Lipinski definition) is 6. The van der Waals surface area contributed by atoms with Crippen LogP contribution in [0.5, 0.6) is 0 Å². The Hall–Kier alpha value is -3.52. The number of aromatic nitrogens is 5. The molecule has 5 rings (SSSR count). The molecule has 0 unspecified atom stereocenters. The number of benzene rings is 1. The predicted molar refractivity (Wildman–Crippen MR) is 110 cm³/mol. The number of anilines is 1. The molecule has 4 heterocycles. The van der Waals surface area contributed by atoms with Crippen LogP contribution < -0.4 is 11.3 Å². The van der Waals surface area contributed by atoms with Gasteiger partial charge in [0.15, 0.2) is 0 Å². The van der Waals surface area contributed by atoms with E-state index in [2.05, 4.69) is 19.9 Å². The minimum Gasteiger partial charge on any atom is -0.399 e. The summed E-state index contributed by atoms with van der Waals surface area (Å²) in [7, 11) is 0. The van der Waals surface area contributed by atoms with Crippen molar-refractivity contribution >= 4 is 11.5 Å². The van der Waals surface area contributed by atoms with Gasteiger partial charge < -0.3 is 10.7 Å². The van der Waals surface area contributed by atoms with Crippen LogP contribution in [0.3, 0.4) is 0 Å². The van der Waals surface area contributed by atoms with Crippen LogP contribution in [0.1, 0.15) is 22.6 Å². The summed E-state index contributed by atoms with van der Waals surface area (Å²) < 4.78 is 2.01. The molecule has 0 aliphatic carbocycles. The van der Waals surface area contributed by atoms with E-state index in [1.165, 1.54) is 0 Å². The van der Waals surface area contributed by atoms with E-state index in [1.54, 1.807) is 6.20 Å². The Morgan fingerprint density at radius 1 is 1.21 bits per heavy atom. The van der Waals surface area contributed by atoms with Gasteiger partial charge in [0.05, 0.1) is 22.6 Å². The summed E-state index contributed by atoms with van der Waals surface area (Å²) in [6, 6.07) is 9.26. The summed E-state index contributed by atoms with van der Waals surface area (Å²) in [5.74, 6) is 1.29. The van der Waals surface area contributed by atoms with Crippen molar-refractivity contribution in [3.63, 3.8) is 0 Å².